The van der Waals surface area contributed by atoms with E-state index in [0.29, 0.717) is 24.9 Å². The number of aromatic hydroxyl groups is 1. The molecule has 3 saturated heterocycles. The Morgan fingerprint density at radius 1 is 0.893 bits per heavy atom. The lowest BCUT2D eigenvalue weighted by Crippen LogP contribution is -2.75. The van der Waals surface area contributed by atoms with Crippen LogP contribution in [0.1, 0.15) is 46.3 Å². The summed E-state index contributed by atoms with van der Waals surface area (Å²) in [6, 6.07) is 21.5. The van der Waals surface area contributed by atoms with Crippen LogP contribution in [0.2, 0.25) is 0 Å². The van der Waals surface area contributed by atoms with Gasteiger partial charge in [0.15, 0.2) is 5.78 Å². The molecule has 0 saturated carbocycles. The monoisotopic (exact) mass is 759 g/mol. The number of piperazine rings is 2. The van der Waals surface area contributed by atoms with E-state index >= 15 is 0 Å². The normalized spacial score (nSPS) is 19.8. The fourth-order valence-corrected chi connectivity index (χ4v) is 8.55. The van der Waals surface area contributed by atoms with Crippen molar-refractivity contribution in [2.45, 2.75) is 50.9 Å². The minimum absolute atomic E-state index is 0.0617. The number of ketones is 1. The molecule has 1 aromatic heterocycles. The summed E-state index contributed by atoms with van der Waals surface area (Å²) in [4.78, 5) is 64.8. The standard InChI is InChI=1S/C44H53N7O5/c1-4-21-49-31-42(55)50-38(27-33-15-18-35(52)19-16-33)44(56)48(30-40(50)51(49)41(54)20-17-32-10-6-5-7-11-32)28-34-12-8-13-36-37(29-46(3)43(34)36)39(53)14-9-22-47-25-23-45(2)24-26-47/h4-8,10-13,15-16,18-19,29,38,40,52H,1,9,14,17,20-28,30-31H2,2-3H3/t38-,40-/m0/s1. The fourth-order valence-electron chi connectivity index (χ4n) is 8.55. The van der Waals surface area contributed by atoms with Crippen LogP contribution in [0.3, 0.4) is 0 Å². The van der Waals surface area contributed by atoms with Crippen LogP contribution in [-0.4, -0.2) is 134 Å². The van der Waals surface area contributed by atoms with Crippen LogP contribution in [0.15, 0.2) is 91.6 Å². The zero-order valence-electron chi connectivity index (χ0n) is 32.6. The van der Waals surface area contributed by atoms with Gasteiger partial charge < -0.3 is 29.3 Å². The fraction of sp³-hybridized carbons (Fsp3) is 0.409. The van der Waals surface area contributed by atoms with E-state index in [1.807, 2.05) is 66.3 Å². The lowest BCUT2D eigenvalue weighted by atomic mass is 9.97. The highest BCUT2D eigenvalue weighted by Crippen LogP contribution is 2.32. The summed E-state index contributed by atoms with van der Waals surface area (Å²) < 4.78 is 1.97. The van der Waals surface area contributed by atoms with E-state index in [1.54, 1.807) is 50.2 Å². The van der Waals surface area contributed by atoms with E-state index in [2.05, 4.69) is 23.4 Å². The maximum absolute atomic E-state index is 14.7. The Morgan fingerprint density at radius 3 is 2.38 bits per heavy atom. The van der Waals surface area contributed by atoms with Crippen LogP contribution in [0.5, 0.6) is 5.75 Å². The molecule has 0 radical (unpaired) electrons. The Labute approximate surface area is 329 Å². The number of rotatable bonds is 14. The first-order valence-electron chi connectivity index (χ1n) is 19.7. The number of hydrogen-bond acceptors (Lipinski definition) is 8. The molecule has 4 heterocycles. The van der Waals surface area contributed by atoms with Gasteiger partial charge >= 0.3 is 0 Å². The Morgan fingerprint density at radius 2 is 1.64 bits per heavy atom. The molecule has 0 spiro atoms. The highest BCUT2D eigenvalue weighted by atomic mass is 16.3. The number of carbonyl (C=O) groups is 4. The Balaban J connectivity index is 1.17. The van der Waals surface area contributed by atoms with Crippen molar-refractivity contribution in [1.29, 1.82) is 0 Å². The summed E-state index contributed by atoms with van der Waals surface area (Å²) in [5.74, 6) is -0.385. The molecule has 294 valence electrons. The number of aryl methyl sites for hydroxylation is 2. The lowest BCUT2D eigenvalue weighted by molar-refractivity contribution is -0.205. The topological polar surface area (TPSA) is 113 Å². The number of aromatic nitrogens is 1. The van der Waals surface area contributed by atoms with E-state index in [0.717, 1.165) is 66.7 Å². The Kier molecular flexibility index (Phi) is 12.0. The maximum Gasteiger partial charge on any atom is 0.246 e. The van der Waals surface area contributed by atoms with Gasteiger partial charge in [0.1, 0.15) is 18.0 Å². The van der Waals surface area contributed by atoms with Crippen LogP contribution >= 0.6 is 0 Å². The SMILES string of the molecule is C=CCN1CC(=O)N2[C@@H](Cc3ccc(O)cc3)C(=O)N(Cc3cccc4c(C(=O)CCCN5CCN(C)CC5)cn(C)c34)C[C@@H]2N1C(=O)CCc1ccccc1. The molecule has 56 heavy (non-hydrogen) atoms. The molecule has 3 amide bonds. The maximum atomic E-state index is 14.7. The largest absolute Gasteiger partial charge is 0.508 e. The predicted molar refractivity (Wildman–Crippen MR) is 215 cm³/mol. The molecule has 4 aromatic rings. The Hall–Kier alpha value is -5.30. The third kappa shape index (κ3) is 8.42. The third-order valence-electron chi connectivity index (χ3n) is 11.5. The first-order chi connectivity index (χ1) is 27.1. The van der Waals surface area contributed by atoms with Gasteiger partial charge in [-0.05, 0) is 55.3 Å². The van der Waals surface area contributed by atoms with Gasteiger partial charge in [-0.25, -0.2) is 10.0 Å². The molecule has 3 fully saturated rings. The van der Waals surface area contributed by atoms with Gasteiger partial charge in [0.25, 0.3) is 0 Å². The third-order valence-corrected chi connectivity index (χ3v) is 11.5. The number of hydrazine groups is 1. The van der Waals surface area contributed by atoms with Crippen LogP contribution in [0.25, 0.3) is 10.9 Å². The molecule has 12 heteroatoms. The van der Waals surface area contributed by atoms with Crippen molar-refractivity contribution < 1.29 is 24.3 Å². The Bertz CT molecular complexity index is 2060. The minimum Gasteiger partial charge on any atom is -0.508 e. The van der Waals surface area contributed by atoms with Crippen molar-refractivity contribution in [3.05, 3.63) is 114 Å². The molecule has 12 nitrogen and oxygen atoms in total. The number of Topliss-reactive ketones (excluding diaryl/α,β-unsaturated/α-hetero) is 1. The number of para-hydroxylation sites is 1. The van der Waals surface area contributed by atoms with Crippen molar-refractivity contribution in [2.24, 2.45) is 7.05 Å². The zero-order valence-corrected chi connectivity index (χ0v) is 32.6. The van der Waals surface area contributed by atoms with E-state index < -0.39 is 12.2 Å². The molecule has 3 aliphatic rings. The summed E-state index contributed by atoms with van der Waals surface area (Å²) in [7, 11) is 4.07. The first-order valence-corrected chi connectivity index (χ1v) is 19.7. The molecule has 0 aliphatic carbocycles. The van der Waals surface area contributed by atoms with Gasteiger partial charge in [-0.15, -0.1) is 6.58 Å². The van der Waals surface area contributed by atoms with Gasteiger partial charge in [0.05, 0.1) is 18.6 Å². The van der Waals surface area contributed by atoms with Crippen molar-refractivity contribution in [3.63, 3.8) is 0 Å². The number of hydrogen-bond donors (Lipinski definition) is 1. The number of fused-ring (bicyclic) bond motifs is 2. The molecular formula is C44H53N7O5. The molecule has 1 N–H and O–H groups in total. The summed E-state index contributed by atoms with van der Waals surface area (Å²) in [5, 5.41) is 14.3. The van der Waals surface area contributed by atoms with Crippen molar-refractivity contribution in [1.82, 2.24) is 34.2 Å². The molecule has 3 aliphatic heterocycles. The summed E-state index contributed by atoms with van der Waals surface area (Å²) in [6.07, 6.45) is 5.06. The van der Waals surface area contributed by atoms with E-state index in [1.165, 1.54) is 0 Å². The van der Waals surface area contributed by atoms with Gasteiger partial charge in [0.2, 0.25) is 17.7 Å². The summed E-state index contributed by atoms with van der Waals surface area (Å²) >= 11 is 0. The summed E-state index contributed by atoms with van der Waals surface area (Å²) in [6.45, 7) is 9.49. The second-order valence-corrected chi connectivity index (χ2v) is 15.4. The molecule has 7 rings (SSSR count). The molecule has 0 unspecified atom stereocenters. The number of nitrogens with zero attached hydrogens (tertiary/aromatic N) is 7. The van der Waals surface area contributed by atoms with Crippen molar-refractivity contribution >= 4 is 34.4 Å². The van der Waals surface area contributed by atoms with Gasteiger partial charge in [0, 0.05) is 82.7 Å². The highest BCUT2D eigenvalue weighted by Gasteiger charge is 2.51. The molecular weight excluding hydrogens is 707 g/mol. The lowest BCUT2D eigenvalue weighted by Gasteiger charge is -2.55. The van der Waals surface area contributed by atoms with Crippen molar-refractivity contribution in [3.8, 4) is 5.75 Å². The van der Waals surface area contributed by atoms with Crippen LogP contribution in [0.4, 0.5) is 0 Å². The van der Waals surface area contributed by atoms with E-state index in [4.69, 9.17) is 0 Å². The van der Waals surface area contributed by atoms with E-state index in [9.17, 15) is 24.3 Å². The number of benzene rings is 3. The molecule has 0 bridgehead atoms. The number of carbonyl (C=O) groups excluding carboxylic acids is 4. The van der Waals surface area contributed by atoms with E-state index in [-0.39, 0.29) is 61.7 Å². The predicted octanol–water partition coefficient (Wildman–Crippen LogP) is 4.08. The second-order valence-electron chi connectivity index (χ2n) is 15.4. The van der Waals surface area contributed by atoms with Crippen molar-refractivity contribution in [2.75, 3.05) is 59.4 Å². The average molecular weight is 760 g/mol. The number of likely N-dealkylation sites (N-methyl/N-ethyl adjacent to an activating group) is 1. The smallest absolute Gasteiger partial charge is 0.246 e. The highest BCUT2D eigenvalue weighted by molar-refractivity contribution is 6.08. The summed E-state index contributed by atoms with van der Waals surface area (Å²) in [5.41, 5.74) is 4.25. The van der Waals surface area contributed by atoms with Crippen LogP contribution in [0, 0.1) is 0 Å². The van der Waals surface area contributed by atoms with Crippen LogP contribution in [-0.2, 0) is 40.8 Å². The first kappa shape index (κ1) is 39.0. The number of phenols is 1. The van der Waals surface area contributed by atoms with Gasteiger partial charge in [-0.3, -0.25) is 19.2 Å². The van der Waals surface area contributed by atoms with Gasteiger partial charge in [-0.2, -0.15) is 0 Å². The zero-order chi connectivity index (χ0) is 39.3. The molecule has 3 aromatic carbocycles. The number of amides is 3. The average Bonchev–Trinajstić information content (AvgIpc) is 3.54. The van der Waals surface area contributed by atoms with Gasteiger partial charge in [-0.1, -0.05) is 66.7 Å². The van der Waals surface area contributed by atoms with Crippen LogP contribution < -0.4 is 0 Å². The second kappa shape index (κ2) is 17.2. The quantitative estimate of drug-likeness (QED) is 0.151. The molecule has 2 atom stereocenters. The minimum atomic E-state index is -0.883. The number of phenolic OH excluding ortho intramolecular Hbond substituents is 1.